The number of carbonyl (C=O) groups excluding carboxylic acids is 1. The van der Waals surface area contributed by atoms with Crippen LogP contribution in [0, 0.1) is 0 Å². The van der Waals surface area contributed by atoms with Crippen molar-refractivity contribution in [3.63, 3.8) is 0 Å². The second-order valence-corrected chi connectivity index (χ2v) is 5.85. The lowest BCUT2D eigenvalue weighted by molar-refractivity contribution is -0.266. The van der Waals surface area contributed by atoms with Gasteiger partial charge in [-0.2, -0.15) is 0 Å². The second kappa shape index (κ2) is 8.76. The van der Waals surface area contributed by atoms with Crippen LogP contribution >= 0.6 is 0 Å². The summed E-state index contributed by atoms with van der Waals surface area (Å²) in [5.41, 5.74) is 1.96. The van der Waals surface area contributed by atoms with Gasteiger partial charge < -0.3 is 23.7 Å². The van der Waals surface area contributed by atoms with E-state index in [2.05, 4.69) is 0 Å². The predicted molar refractivity (Wildman–Crippen MR) is 92.3 cm³/mol. The van der Waals surface area contributed by atoms with Gasteiger partial charge >= 0.3 is 0 Å². The van der Waals surface area contributed by atoms with E-state index < -0.39 is 6.29 Å². The molecule has 0 amide bonds. The van der Waals surface area contributed by atoms with Crippen LogP contribution in [0.4, 0.5) is 0 Å². The first-order chi connectivity index (χ1) is 12.3. The van der Waals surface area contributed by atoms with Gasteiger partial charge in [-0.25, -0.2) is 0 Å². The lowest BCUT2D eigenvalue weighted by atomic mass is 10.1. The zero-order chi connectivity index (χ0) is 17.5. The molecule has 0 aromatic heterocycles. The molecule has 25 heavy (non-hydrogen) atoms. The Kier molecular flexibility index (Phi) is 6.17. The van der Waals surface area contributed by atoms with Crippen LogP contribution in [-0.2, 0) is 25.6 Å². The van der Waals surface area contributed by atoms with Crippen molar-refractivity contribution in [3.05, 3.63) is 65.7 Å². The molecule has 2 aromatic carbocycles. The maximum absolute atomic E-state index is 11.0. The smallest absolute Gasteiger partial charge is 0.184 e. The van der Waals surface area contributed by atoms with Crippen molar-refractivity contribution in [2.45, 2.75) is 31.5 Å². The molecular formula is C20H22O5. The first-order valence-electron chi connectivity index (χ1n) is 8.30. The number of aldehydes is 1. The molecule has 1 fully saturated rings. The van der Waals surface area contributed by atoms with Crippen LogP contribution in [0.5, 0.6) is 5.75 Å². The number of hydrogen-bond acceptors (Lipinski definition) is 5. The Morgan fingerprint density at radius 1 is 1.12 bits per heavy atom. The topological polar surface area (TPSA) is 54.0 Å². The standard InChI is InChI=1S/C20H22O5/c1-22-17-9-7-15(8-10-17)13-23-19-14-24-20(25-18(19)11-12-21)16-5-3-2-4-6-16/h2-10,12,18-20H,11,13-14H2,1H3/t18-,19-,20+/m1/s1. The number of ether oxygens (including phenoxy) is 4. The van der Waals surface area contributed by atoms with E-state index in [1.807, 2.05) is 54.6 Å². The summed E-state index contributed by atoms with van der Waals surface area (Å²) in [5, 5.41) is 0. The van der Waals surface area contributed by atoms with E-state index in [9.17, 15) is 4.79 Å². The minimum atomic E-state index is -0.466. The largest absolute Gasteiger partial charge is 0.497 e. The minimum Gasteiger partial charge on any atom is -0.497 e. The highest BCUT2D eigenvalue weighted by molar-refractivity contribution is 5.50. The van der Waals surface area contributed by atoms with Crippen LogP contribution in [0.1, 0.15) is 23.8 Å². The van der Waals surface area contributed by atoms with E-state index in [1.54, 1.807) is 7.11 Å². The summed E-state index contributed by atoms with van der Waals surface area (Å²) in [7, 11) is 1.63. The molecule has 1 aliphatic heterocycles. The Morgan fingerprint density at radius 3 is 2.56 bits per heavy atom. The highest BCUT2D eigenvalue weighted by atomic mass is 16.7. The van der Waals surface area contributed by atoms with Gasteiger partial charge in [-0.15, -0.1) is 0 Å². The summed E-state index contributed by atoms with van der Waals surface area (Å²) in [6.45, 7) is 0.807. The van der Waals surface area contributed by atoms with Crippen molar-refractivity contribution in [1.29, 1.82) is 0 Å². The fourth-order valence-corrected chi connectivity index (χ4v) is 2.74. The van der Waals surface area contributed by atoms with Crippen LogP contribution in [0.15, 0.2) is 54.6 Å². The molecule has 1 saturated heterocycles. The van der Waals surface area contributed by atoms with E-state index in [4.69, 9.17) is 18.9 Å². The molecule has 5 heteroatoms. The van der Waals surface area contributed by atoms with Crippen LogP contribution < -0.4 is 4.74 Å². The van der Waals surface area contributed by atoms with Crippen LogP contribution in [0.2, 0.25) is 0 Å². The van der Waals surface area contributed by atoms with Gasteiger partial charge in [-0.05, 0) is 17.7 Å². The number of carbonyl (C=O) groups is 1. The summed E-state index contributed by atoms with van der Waals surface area (Å²) in [4.78, 5) is 11.0. The Hall–Kier alpha value is -2.21. The fourth-order valence-electron chi connectivity index (χ4n) is 2.74. The molecule has 0 aliphatic carbocycles. The molecule has 3 atom stereocenters. The predicted octanol–water partition coefficient (Wildman–Crippen LogP) is 3.28. The molecule has 2 aromatic rings. The Morgan fingerprint density at radius 2 is 1.88 bits per heavy atom. The molecule has 1 aliphatic rings. The molecule has 0 unspecified atom stereocenters. The van der Waals surface area contributed by atoms with Crippen molar-refractivity contribution in [1.82, 2.24) is 0 Å². The third-order valence-corrected chi connectivity index (χ3v) is 4.15. The van der Waals surface area contributed by atoms with Crippen molar-refractivity contribution >= 4 is 6.29 Å². The number of rotatable bonds is 7. The Bertz CT molecular complexity index is 656. The average molecular weight is 342 g/mol. The van der Waals surface area contributed by atoms with E-state index in [1.165, 1.54) is 0 Å². The van der Waals surface area contributed by atoms with Crippen molar-refractivity contribution in [2.24, 2.45) is 0 Å². The Balaban J connectivity index is 1.59. The van der Waals surface area contributed by atoms with Gasteiger partial charge in [-0.1, -0.05) is 42.5 Å². The van der Waals surface area contributed by atoms with Crippen LogP contribution in [0.3, 0.4) is 0 Å². The van der Waals surface area contributed by atoms with Crippen molar-refractivity contribution in [2.75, 3.05) is 13.7 Å². The van der Waals surface area contributed by atoms with E-state index in [-0.39, 0.29) is 18.6 Å². The molecule has 0 N–H and O–H groups in total. The average Bonchev–Trinajstić information content (AvgIpc) is 2.68. The number of methoxy groups -OCH3 is 1. The monoisotopic (exact) mass is 342 g/mol. The molecule has 5 nitrogen and oxygen atoms in total. The number of hydrogen-bond donors (Lipinski definition) is 0. The van der Waals surface area contributed by atoms with Crippen LogP contribution in [-0.4, -0.2) is 32.2 Å². The van der Waals surface area contributed by atoms with E-state index in [0.717, 1.165) is 23.2 Å². The van der Waals surface area contributed by atoms with Gasteiger partial charge in [-0.3, -0.25) is 0 Å². The van der Waals surface area contributed by atoms with Crippen molar-refractivity contribution in [3.8, 4) is 5.75 Å². The molecule has 132 valence electrons. The van der Waals surface area contributed by atoms with Crippen molar-refractivity contribution < 1.29 is 23.7 Å². The summed E-state index contributed by atoms with van der Waals surface area (Å²) in [6.07, 6.45) is 0.0656. The van der Waals surface area contributed by atoms with Gasteiger partial charge in [0.2, 0.25) is 0 Å². The molecule has 0 saturated carbocycles. The first-order valence-corrected chi connectivity index (χ1v) is 8.30. The molecular weight excluding hydrogens is 320 g/mol. The van der Waals surface area contributed by atoms with E-state index in [0.29, 0.717) is 13.2 Å². The molecule has 3 rings (SSSR count). The summed E-state index contributed by atoms with van der Waals surface area (Å²) >= 11 is 0. The fraction of sp³-hybridized carbons (Fsp3) is 0.350. The Labute approximate surface area is 147 Å². The molecule has 0 spiro atoms. The molecule has 0 bridgehead atoms. The summed E-state index contributed by atoms with van der Waals surface area (Å²) in [6, 6.07) is 17.4. The zero-order valence-electron chi connectivity index (χ0n) is 14.2. The minimum absolute atomic E-state index is 0.278. The van der Waals surface area contributed by atoms with Crippen LogP contribution in [0.25, 0.3) is 0 Å². The normalized spacial score (nSPS) is 23.2. The van der Waals surface area contributed by atoms with Gasteiger partial charge in [0, 0.05) is 12.0 Å². The zero-order valence-corrected chi connectivity index (χ0v) is 14.2. The number of benzene rings is 2. The molecule has 0 radical (unpaired) electrons. The lowest BCUT2D eigenvalue weighted by Gasteiger charge is -2.35. The third kappa shape index (κ3) is 4.66. The highest BCUT2D eigenvalue weighted by Crippen LogP contribution is 2.29. The van der Waals surface area contributed by atoms with E-state index >= 15 is 0 Å². The van der Waals surface area contributed by atoms with Gasteiger partial charge in [0.05, 0.1) is 26.4 Å². The summed E-state index contributed by atoms with van der Waals surface area (Å²) in [5.74, 6) is 0.803. The maximum atomic E-state index is 11.0. The maximum Gasteiger partial charge on any atom is 0.184 e. The van der Waals surface area contributed by atoms with Gasteiger partial charge in [0.1, 0.15) is 18.1 Å². The second-order valence-electron chi connectivity index (χ2n) is 5.85. The first kappa shape index (κ1) is 17.6. The SMILES string of the molecule is COc1ccc(CO[C@@H]2CO[C@H](c3ccccc3)O[C@@H]2CC=O)cc1. The summed E-state index contributed by atoms with van der Waals surface area (Å²) < 4.78 is 22.8. The highest BCUT2D eigenvalue weighted by Gasteiger charge is 2.33. The third-order valence-electron chi connectivity index (χ3n) is 4.15. The molecule has 1 heterocycles. The quantitative estimate of drug-likeness (QED) is 0.723. The lowest BCUT2D eigenvalue weighted by Crippen LogP contribution is -2.42. The van der Waals surface area contributed by atoms with Gasteiger partial charge in [0.25, 0.3) is 0 Å². The van der Waals surface area contributed by atoms with Gasteiger partial charge in [0.15, 0.2) is 6.29 Å².